The lowest BCUT2D eigenvalue weighted by Gasteiger charge is -2.26. The van der Waals surface area contributed by atoms with Crippen molar-refractivity contribution in [2.75, 3.05) is 6.54 Å². The molecule has 2 aromatic rings. The minimum atomic E-state index is -0.0439. The van der Waals surface area contributed by atoms with Gasteiger partial charge in [-0.2, -0.15) is 0 Å². The number of amides is 2. The van der Waals surface area contributed by atoms with Crippen molar-refractivity contribution in [1.82, 2.24) is 10.2 Å². The smallest absolute Gasteiger partial charge is 0.318 e. The molecule has 0 bridgehead atoms. The summed E-state index contributed by atoms with van der Waals surface area (Å²) < 4.78 is 0. The van der Waals surface area contributed by atoms with Gasteiger partial charge in [0, 0.05) is 6.54 Å². The van der Waals surface area contributed by atoms with Crippen molar-refractivity contribution in [2.24, 2.45) is 0 Å². The molecule has 3 nitrogen and oxygen atoms in total. The van der Waals surface area contributed by atoms with Crippen molar-refractivity contribution in [3.63, 3.8) is 0 Å². The second-order valence-electron chi connectivity index (χ2n) is 5.13. The van der Waals surface area contributed by atoms with Crippen molar-refractivity contribution in [3.8, 4) is 0 Å². The first-order valence-corrected chi connectivity index (χ1v) is 7.09. The quantitative estimate of drug-likeness (QED) is 0.850. The van der Waals surface area contributed by atoms with Gasteiger partial charge in [0.05, 0.1) is 12.1 Å². The van der Waals surface area contributed by atoms with Crippen LogP contribution in [0.2, 0.25) is 0 Å². The zero-order valence-corrected chi connectivity index (χ0v) is 11.8. The summed E-state index contributed by atoms with van der Waals surface area (Å²) in [4.78, 5) is 14.1. The highest BCUT2D eigenvalue weighted by atomic mass is 16.2. The molecule has 21 heavy (non-hydrogen) atoms. The van der Waals surface area contributed by atoms with E-state index in [4.69, 9.17) is 0 Å². The summed E-state index contributed by atoms with van der Waals surface area (Å²) in [6.45, 7) is 4.30. The normalized spacial score (nSPS) is 21.1. The molecule has 3 rings (SSSR count). The molecule has 0 saturated carbocycles. The number of hydrogen-bond donors (Lipinski definition) is 1. The average Bonchev–Trinajstić information content (AvgIpc) is 2.86. The van der Waals surface area contributed by atoms with Gasteiger partial charge in [-0.15, -0.1) is 6.58 Å². The summed E-state index contributed by atoms with van der Waals surface area (Å²) >= 11 is 0. The summed E-state index contributed by atoms with van der Waals surface area (Å²) in [7, 11) is 0. The maximum Gasteiger partial charge on any atom is 0.318 e. The van der Waals surface area contributed by atoms with Crippen LogP contribution in [0.15, 0.2) is 73.3 Å². The molecule has 1 aliphatic rings. The lowest BCUT2D eigenvalue weighted by molar-refractivity contribution is 0.209. The highest BCUT2D eigenvalue weighted by Crippen LogP contribution is 2.38. The zero-order chi connectivity index (χ0) is 14.7. The predicted octanol–water partition coefficient (Wildman–Crippen LogP) is 3.68. The van der Waals surface area contributed by atoms with Crippen molar-refractivity contribution in [2.45, 2.75) is 12.1 Å². The number of nitrogens with zero attached hydrogens (tertiary/aromatic N) is 1. The van der Waals surface area contributed by atoms with Crippen molar-refractivity contribution in [1.29, 1.82) is 0 Å². The maximum absolute atomic E-state index is 12.3. The zero-order valence-electron chi connectivity index (χ0n) is 11.8. The number of nitrogens with one attached hydrogen (secondary N) is 1. The van der Waals surface area contributed by atoms with E-state index in [0.29, 0.717) is 6.54 Å². The van der Waals surface area contributed by atoms with E-state index in [1.54, 1.807) is 6.08 Å². The predicted molar refractivity (Wildman–Crippen MR) is 83.8 cm³/mol. The Bertz CT molecular complexity index is 624. The van der Waals surface area contributed by atoms with Crippen LogP contribution in [0.25, 0.3) is 0 Å². The van der Waals surface area contributed by atoms with Gasteiger partial charge < -0.3 is 10.2 Å². The van der Waals surface area contributed by atoms with Crippen LogP contribution in [0, 0.1) is 0 Å². The Morgan fingerprint density at radius 2 is 1.57 bits per heavy atom. The van der Waals surface area contributed by atoms with Gasteiger partial charge in [-0.1, -0.05) is 66.7 Å². The van der Waals surface area contributed by atoms with E-state index in [-0.39, 0.29) is 18.1 Å². The molecule has 2 unspecified atom stereocenters. The van der Waals surface area contributed by atoms with E-state index >= 15 is 0 Å². The molecule has 1 heterocycles. The molecular weight excluding hydrogens is 260 g/mol. The largest absolute Gasteiger partial charge is 0.329 e. The van der Waals surface area contributed by atoms with Crippen LogP contribution < -0.4 is 5.32 Å². The van der Waals surface area contributed by atoms with Crippen LogP contribution in [0.3, 0.4) is 0 Å². The third kappa shape index (κ3) is 2.55. The second kappa shape index (κ2) is 5.83. The Morgan fingerprint density at radius 3 is 2.14 bits per heavy atom. The molecule has 1 N–H and O–H groups in total. The van der Waals surface area contributed by atoms with Gasteiger partial charge in [0.2, 0.25) is 0 Å². The fourth-order valence-electron chi connectivity index (χ4n) is 2.89. The molecule has 0 aliphatic carbocycles. The molecule has 0 spiro atoms. The van der Waals surface area contributed by atoms with Crippen LogP contribution in [0.4, 0.5) is 4.79 Å². The molecule has 3 heteroatoms. The number of carbonyl (C=O) groups is 1. The Balaban J connectivity index is 2.03. The molecular formula is C18H18N2O. The van der Waals surface area contributed by atoms with Crippen LogP contribution in [0.1, 0.15) is 23.2 Å². The van der Waals surface area contributed by atoms with E-state index in [2.05, 4.69) is 36.2 Å². The van der Waals surface area contributed by atoms with Crippen molar-refractivity contribution in [3.05, 3.63) is 84.4 Å². The van der Waals surface area contributed by atoms with E-state index in [0.717, 1.165) is 11.1 Å². The molecule has 2 aromatic carbocycles. The van der Waals surface area contributed by atoms with Crippen LogP contribution in [-0.2, 0) is 0 Å². The van der Waals surface area contributed by atoms with Crippen LogP contribution in [0.5, 0.6) is 0 Å². The topological polar surface area (TPSA) is 32.3 Å². The molecule has 106 valence electrons. The van der Waals surface area contributed by atoms with Gasteiger partial charge in [0.25, 0.3) is 0 Å². The second-order valence-corrected chi connectivity index (χ2v) is 5.13. The summed E-state index contributed by atoms with van der Waals surface area (Å²) in [6, 6.07) is 20.1. The number of benzene rings is 2. The molecule has 1 fully saturated rings. The number of rotatable bonds is 4. The minimum Gasteiger partial charge on any atom is -0.329 e. The van der Waals surface area contributed by atoms with Crippen molar-refractivity contribution >= 4 is 6.03 Å². The number of carbonyl (C=O) groups excluding carboxylic acids is 1. The standard InChI is InChI=1S/C18H18N2O/c1-2-13-20-17(15-11-7-4-8-12-15)16(19-18(20)21)14-9-5-3-6-10-14/h2-12,16-17H,1,13H2,(H,19,21). The van der Waals surface area contributed by atoms with E-state index in [1.807, 2.05) is 41.3 Å². The Kier molecular flexibility index (Phi) is 3.73. The SMILES string of the molecule is C=CCN1C(=O)NC(c2ccccc2)C1c1ccccc1. The molecule has 1 saturated heterocycles. The Hall–Kier alpha value is -2.55. The van der Waals surface area contributed by atoms with E-state index in [1.165, 1.54) is 0 Å². The van der Waals surface area contributed by atoms with Gasteiger partial charge in [-0.25, -0.2) is 4.79 Å². The highest BCUT2D eigenvalue weighted by molar-refractivity contribution is 5.78. The monoisotopic (exact) mass is 278 g/mol. The maximum atomic E-state index is 12.3. The number of urea groups is 1. The summed E-state index contributed by atoms with van der Waals surface area (Å²) in [5.41, 5.74) is 2.25. The minimum absolute atomic E-state index is 0.0147. The van der Waals surface area contributed by atoms with Gasteiger partial charge in [-0.3, -0.25) is 0 Å². The Morgan fingerprint density at radius 1 is 1.00 bits per heavy atom. The fourth-order valence-corrected chi connectivity index (χ4v) is 2.89. The third-order valence-electron chi connectivity index (χ3n) is 3.82. The summed E-state index contributed by atoms with van der Waals surface area (Å²) in [5, 5.41) is 3.09. The lowest BCUT2D eigenvalue weighted by Crippen LogP contribution is -2.29. The molecule has 1 aliphatic heterocycles. The molecule has 2 amide bonds. The first-order valence-electron chi connectivity index (χ1n) is 7.09. The molecule has 2 atom stereocenters. The van der Waals surface area contributed by atoms with E-state index in [9.17, 15) is 4.79 Å². The first-order chi connectivity index (χ1) is 10.3. The van der Waals surface area contributed by atoms with E-state index < -0.39 is 0 Å². The Labute approximate surface area is 124 Å². The van der Waals surface area contributed by atoms with Crippen LogP contribution >= 0.6 is 0 Å². The fraction of sp³-hybridized carbons (Fsp3) is 0.167. The lowest BCUT2D eigenvalue weighted by atomic mass is 9.94. The third-order valence-corrected chi connectivity index (χ3v) is 3.82. The summed E-state index contributed by atoms with van der Waals surface area (Å²) in [5.74, 6) is 0. The van der Waals surface area contributed by atoms with Gasteiger partial charge in [0.1, 0.15) is 0 Å². The van der Waals surface area contributed by atoms with Gasteiger partial charge in [0.15, 0.2) is 0 Å². The molecule has 0 radical (unpaired) electrons. The van der Waals surface area contributed by atoms with Crippen LogP contribution in [-0.4, -0.2) is 17.5 Å². The first kappa shape index (κ1) is 13.4. The molecule has 0 aromatic heterocycles. The highest BCUT2D eigenvalue weighted by Gasteiger charge is 2.40. The van der Waals surface area contributed by atoms with Gasteiger partial charge in [-0.05, 0) is 11.1 Å². The summed E-state index contributed by atoms with van der Waals surface area (Å²) in [6.07, 6.45) is 1.77. The number of hydrogen-bond acceptors (Lipinski definition) is 1. The van der Waals surface area contributed by atoms with Gasteiger partial charge >= 0.3 is 6.03 Å². The average molecular weight is 278 g/mol. The van der Waals surface area contributed by atoms with Crippen molar-refractivity contribution < 1.29 is 4.79 Å².